The predicted molar refractivity (Wildman–Crippen MR) is 115 cm³/mol. The van der Waals surface area contributed by atoms with Crippen LogP contribution < -0.4 is 5.43 Å². The number of rotatable bonds is 6. The highest BCUT2D eigenvalue weighted by Crippen LogP contribution is 2.28. The summed E-state index contributed by atoms with van der Waals surface area (Å²) in [7, 11) is 0. The molecule has 0 spiro atoms. The lowest BCUT2D eigenvalue weighted by atomic mass is 10.00. The third-order valence-corrected chi connectivity index (χ3v) is 5.70. The van der Waals surface area contributed by atoms with Gasteiger partial charge in [-0.1, -0.05) is 49.4 Å². The Morgan fingerprint density at radius 2 is 1.93 bits per heavy atom. The molecule has 1 unspecified atom stereocenters. The third kappa shape index (κ3) is 4.53. The van der Waals surface area contributed by atoms with Crippen LogP contribution in [0.3, 0.4) is 0 Å². The van der Waals surface area contributed by atoms with Crippen LogP contribution in [0.2, 0.25) is 0 Å². The lowest BCUT2D eigenvalue weighted by Crippen LogP contribution is -2.41. The van der Waals surface area contributed by atoms with Gasteiger partial charge in [-0.3, -0.25) is 4.79 Å². The monoisotopic (exact) mass is 405 g/mol. The van der Waals surface area contributed by atoms with Crippen molar-refractivity contribution < 1.29 is 14.3 Å². The molecule has 156 valence electrons. The molecule has 2 aromatic rings. The molecule has 1 atom stereocenters. The Bertz CT molecular complexity index is 955. The fourth-order valence-electron chi connectivity index (χ4n) is 4.14. The van der Waals surface area contributed by atoms with Gasteiger partial charge in [-0.05, 0) is 47.6 Å². The summed E-state index contributed by atoms with van der Waals surface area (Å²) < 4.78 is 5.61. The van der Waals surface area contributed by atoms with E-state index in [0.29, 0.717) is 19.4 Å². The van der Waals surface area contributed by atoms with E-state index in [1.54, 1.807) is 0 Å². The van der Waals surface area contributed by atoms with Crippen molar-refractivity contribution in [2.75, 3.05) is 6.54 Å². The van der Waals surface area contributed by atoms with Crippen LogP contribution >= 0.6 is 0 Å². The van der Waals surface area contributed by atoms with Crippen molar-refractivity contribution in [3.63, 3.8) is 0 Å². The maximum absolute atomic E-state index is 12.8. The van der Waals surface area contributed by atoms with E-state index in [2.05, 4.69) is 35.7 Å². The summed E-state index contributed by atoms with van der Waals surface area (Å²) >= 11 is 0. The molecule has 0 fully saturated rings. The Hall–Kier alpha value is -3.15. The molecular formula is C24H27N3O3. The molecule has 2 aromatic carbocycles. The fraction of sp³-hybridized carbons (Fsp3) is 0.375. The second-order valence-electron chi connectivity index (χ2n) is 7.87. The van der Waals surface area contributed by atoms with Gasteiger partial charge in [-0.25, -0.2) is 10.2 Å². The second kappa shape index (κ2) is 9.11. The molecule has 6 nitrogen and oxygen atoms in total. The second-order valence-corrected chi connectivity index (χ2v) is 7.87. The van der Waals surface area contributed by atoms with Crippen molar-refractivity contribution in [1.82, 2.24) is 10.3 Å². The third-order valence-electron chi connectivity index (χ3n) is 5.70. The lowest BCUT2D eigenvalue weighted by molar-refractivity contribution is -0.121. The van der Waals surface area contributed by atoms with E-state index in [4.69, 9.17) is 4.74 Å². The van der Waals surface area contributed by atoms with Crippen LogP contribution in [-0.4, -0.2) is 35.2 Å². The minimum absolute atomic E-state index is 0.0378. The number of nitrogens with zero attached hydrogens (tertiary/aromatic N) is 2. The lowest BCUT2D eigenvalue weighted by Gasteiger charge is -2.27. The van der Waals surface area contributed by atoms with Crippen molar-refractivity contribution in [3.8, 4) is 0 Å². The molecule has 6 heteroatoms. The van der Waals surface area contributed by atoms with Crippen molar-refractivity contribution >= 4 is 17.7 Å². The van der Waals surface area contributed by atoms with Gasteiger partial charge >= 0.3 is 6.09 Å². The number of hydrogen-bond donors (Lipinski definition) is 1. The zero-order valence-electron chi connectivity index (χ0n) is 17.3. The summed E-state index contributed by atoms with van der Waals surface area (Å²) in [5, 5.41) is 4.20. The summed E-state index contributed by atoms with van der Waals surface area (Å²) in [6.45, 7) is 3.04. The minimum Gasteiger partial charge on any atom is -0.445 e. The number of hydrogen-bond acceptors (Lipinski definition) is 4. The van der Waals surface area contributed by atoms with Crippen molar-refractivity contribution in [3.05, 3.63) is 70.8 Å². The Morgan fingerprint density at radius 3 is 2.67 bits per heavy atom. The SMILES string of the molecule is CCCN(C(=O)OCc1ccccc1)C1Cc2ccc(C3=NNC(=O)CC3)cc2C1. The summed E-state index contributed by atoms with van der Waals surface area (Å²) in [5.41, 5.74) is 8.02. The summed E-state index contributed by atoms with van der Waals surface area (Å²) in [6.07, 6.45) is 3.40. The zero-order chi connectivity index (χ0) is 20.9. The van der Waals surface area contributed by atoms with Gasteiger partial charge in [-0.15, -0.1) is 0 Å². The van der Waals surface area contributed by atoms with Crippen LogP contribution in [0.5, 0.6) is 0 Å². The smallest absolute Gasteiger partial charge is 0.410 e. The number of hydrazone groups is 1. The molecule has 0 aromatic heterocycles. The number of carbonyl (C=O) groups excluding carboxylic acids is 2. The Kier molecular flexibility index (Phi) is 6.12. The van der Waals surface area contributed by atoms with Gasteiger partial charge in [0.25, 0.3) is 0 Å². The maximum Gasteiger partial charge on any atom is 0.410 e. The largest absolute Gasteiger partial charge is 0.445 e. The predicted octanol–water partition coefficient (Wildman–Crippen LogP) is 3.82. The molecule has 2 amide bonds. The van der Waals surface area contributed by atoms with Crippen molar-refractivity contribution in [2.45, 2.75) is 51.7 Å². The van der Waals surface area contributed by atoms with Crippen LogP contribution in [-0.2, 0) is 29.0 Å². The number of nitrogens with one attached hydrogen (secondary N) is 1. The van der Waals surface area contributed by atoms with Gasteiger partial charge < -0.3 is 9.64 Å². The highest BCUT2D eigenvalue weighted by atomic mass is 16.6. The van der Waals surface area contributed by atoms with E-state index in [1.807, 2.05) is 35.2 Å². The Morgan fingerprint density at radius 1 is 1.13 bits per heavy atom. The molecule has 1 aliphatic heterocycles. The number of amides is 2. The molecule has 1 aliphatic carbocycles. The highest BCUT2D eigenvalue weighted by molar-refractivity contribution is 6.04. The van der Waals surface area contributed by atoms with Gasteiger partial charge in [0, 0.05) is 25.4 Å². The van der Waals surface area contributed by atoms with E-state index in [9.17, 15) is 9.59 Å². The molecule has 0 bridgehead atoms. The summed E-state index contributed by atoms with van der Waals surface area (Å²) in [4.78, 5) is 26.1. The van der Waals surface area contributed by atoms with Gasteiger partial charge in [0.2, 0.25) is 5.91 Å². The maximum atomic E-state index is 12.8. The molecule has 0 saturated carbocycles. The van der Waals surface area contributed by atoms with Crippen molar-refractivity contribution in [1.29, 1.82) is 0 Å². The van der Waals surface area contributed by atoms with Crippen LogP contribution in [0.25, 0.3) is 0 Å². The molecule has 1 N–H and O–H groups in total. The number of ether oxygens (including phenoxy) is 1. The Labute approximate surface area is 176 Å². The first-order valence-corrected chi connectivity index (χ1v) is 10.6. The minimum atomic E-state index is -0.252. The molecule has 2 aliphatic rings. The number of benzene rings is 2. The van der Waals surface area contributed by atoms with E-state index < -0.39 is 0 Å². The summed E-state index contributed by atoms with van der Waals surface area (Å²) in [5.74, 6) is -0.0378. The zero-order valence-corrected chi connectivity index (χ0v) is 17.3. The van der Waals surface area contributed by atoms with Gasteiger partial charge in [-0.2, -0.15) is 5.10 Å². The standard InChI is InChI=1S/C24H27N3O3/c1-2-12-27(24(29)30-16-17-6-4-3-5-7-17)21-14-18-8-9-19(13-20(18)15-21)22-10-11-23(28)26-25-22/h3-9,13,21H,2,10-12,14-16H2,1H3,(H,26,28). The number of fused-ring (bicyclic) bond motifs is 1. The van der Waals surface area contributed by atoms with E-state index in [0.717, 1.165) is 36.1 Å². The molecule has 0 radical (unpaired) electrons. The molecule has 1 heterocycles. The topological polar surface area (TPSA) is 71.0 Å². The van der Waals surface area contributed by atoms with Crippen LogP contribution in [0.4, 0.5) is 4.79 Å². The van der Waals surface area contributed by atoms with Crippen molar-refractivity contribution in [2.24, 2.45) is 5.10 Å². The first-order chi connectivity index (χ1) is 14.6. The summed E-state index contributed by atoms with van der Waals surface area (Å²) in [6, 6.07) is 16.2. The van der Waals surface area contributed by atoms with E-state index in [1.165, 1.54) is 11.1 Å². The average Bonchev–Trinajstić information content (AvgIpc) is 3.20. The van der Waals surface area contributed by atoms with Crippen LogP contribution in [0.1, 0.15) is 48.4 Å². The molecule has 4 rings (SSSR count). The first kappa shape index (κ1) is 20.1. The van der Waals surface area contributed by atoms with Gasteiger partial charge in [0.05, 0.1) is 5.71 Å². The first-order valence-electron chi connectivity index (χ1n) is 10.6. The molecule has 0 saturated heterocycles. The Balaban J connectivity index is 1.44. The molecular weight excluding hydrogens is 378 g/mol. The van der Waals surface area contributed by atoms with Crippen LogP contribution in [0, 0.1) is 0 Å². The fourth-order valence-corrected chi connectivity index (χ4v) is 4.14. The quantitative estimate of drug-likeness (QED) is 0.794. The molecule has 30 heavy (non-hydrogen) atoms. The number of carbonyl (C=O) groups is 2. The average molecular weight is 405 g/mol. The van der Waals surface area contributed by atoms with Gasteiger partial charge in [0.1, 0.15) is 6.61 Å². The highest BCUT2D eigenvalue weighted by Gasteiger charge is 2.31. The van der Waals surface area contributed by atoms with Gasteiger partial charge in [0.15, 0.2) is 0 Å². The normalized spacial score (nSPS) is 17.7. The van der Waals surface area contributed by atoms with E-state index >= 15 is 0 Å². The van der Waals surface area contributed by atoms with Crippen LogP contribution in [0.15, 0.2) is 53.6 Å². The van der Waals surface area contributed by atoms with E-state index in [-0.39, 0.29) is 24.6 Å².